The Balaban J connectivity index is 1.61. The largest absolute Gasteiger partial charge is 0.361 e. The van der Waals surface area contributed by atoms with Gasteiger partial charge in [0.1, 0.15) is 0 Å². The number of nitrogens with zero attached hydrogens (tertiary/aromatic N) is 1. The van der Waals surface area contributed by atoms with Crippen LogP contribution in [-0.4, -0.2) is 42.6 Å². The van der Waals surface area contributed by atoms with E-state index in [1.807, 2.05) is 0 Å². The minimum absolute atomic E-state index is 1.13. The van der Waals surface area contributed by atoms with E-state index in [1.54, 1.807) is 0 Å². The molecule has 0 bridgehead atoms. The predicted molar refractivity (Wildman–Crippen MR) is 80.5 cm³/mol. The summed E-state index contributed by atoms with van der Waals surface area (Å²) in [5.41, 5.74) is 2.71. The molecule has 3 rings (SSSR count). The van der Waals surface area contributed by atoms with Gasteiger partial charge in [-0.05, 0) is 44.0 Å². The number of nitrogens with one attached hydrogen (secondary N) is 2. The number of aromatic nitrogens is 1. The Morgan fingerprint density at radius 3 is 3.00 bits per heavy atom. The Bertz CT molecular complexity index is 509. The highest BCUT2D eigenvalue weighted by atomic mass is 15.1. The van der Waals surface area contributed by atoms with Crippen molar-refractivity contribution in [1.82, 2.24) is 15.2 Å². The molecular formula is C16H23N3. The van der Waals surface area contributed by atoms with Gasteiger partial charge in [0, 0.05) is 36.7 Å². The van der Waals surface area contributed by atoms with Gasteiger partial charge >= 0.3 is 0 Å². The van der Waals surface area contributed by atoms with Crippen LogP contribution in [0.4, 0.5) is 0 Å². The van der Waals surface area contributed by atoms with Gasteiger partial charge in [-0.1, -0.05) is 18.2 Å². The summed E-state index contributed by atoms with van der Waals surface area (Å²) in [5.74, 6) is 0. The number of benzene rings is 1. The van der Waals surface area contributed by atoms with E-state index in [4.69, 9.17) is 0 Å². The molecule has 0 saturated carbocycles. The minimum Gasteiger partial charge on any atom is -0.361 e. The number of H-pyrrole nitrogens is 1. The Labute approximate surface area is 115 Å². The maximum Gasteiger partial charge on any atom is 0.0456 e. The number of para-hydroxylation sites is 1. The van der Waals surface area contributed by atoms with Crippen molar-refractivity contribution in [3.63, 3.8) is 0 Å². The maximum atomic E-state index is 3.49. The summed E-state index contributed by atoms with van der Waals surface area (Å²) in [7, 11) is 0. The van der Waals surface area contributed by atoms with E-state index in [0.717, 1.165) is 13.0 Å². The number of fused-ring (bicyclic) bond motifs is 1. The van der Waals surface area contributed by atoms with Crippen LogP contribution in [0.15, 0.2) is 30.5 Å². The van der Waals surface area contributed by atoms with E-state index in [1.165, 1.54) is 55.5 Å². The molecule has 0 unspecified atom stereocenters. The van der Waals surface area contributed by atoms with Crippen LogP contribution >= 0.6 is 0 Å². The van der Waals surface area contributed by atoms with Crippen LogP contribution in [0.1, 0.15) is 18.4 Å². The SMILES string of the molecule is c1ccc2c(CCN3CCCCNCC3)c[nH]c2c1. The summed E-state index contributed by atoms with van der Waals surface area (Å²) in [6.07, 6.45) is 5.95. The standard InChI is InChI=1S/C16H23N3/c1-2-6-16-15(5-1)14(13-18-16)7-11-19-10-4-3-8-17-9-12-19/h1-2,5-6,13,17-18H,3-4,7-12H2. The van der Waals surface area contributed by atoms with Gasteiger partial charge in [0.25, 0.3) is 0 Å². The molecule has 19 heavy (non-hydrogen) atoms. The summed E-state index contributed by atoms with van der Waals surface area (Å²) < 4.78 is 0. The second kappa shape index (κ2) is 6.22. The fourth-order valence-corrected chi connectivity index (χ4v) is 2.90. The van der Waals surface area contributed by atoms with E-state index >= 15 is 0 Å². The summed E-state index contributed by atoms with van der Waals surface area (Å²) in [6.45, 7) is 5.93. The van der Waals surface area contributed by atoms with E-state index in [-0.39, 0.29) is 0 Å². The molecule has 1 saturated heterocycles. The normalized spacial score (nSPS) is 18.3. The highest BCUT2D eigenvalue weighted by Crippen LogP contribution is 2.18. The molecular weight excluding hydrogens is 234 g/mol. The van der Waals surface area contributed by atoms with Crippen LogP contribution in [0, 0.1) is 0 Å². The quantitative estimate of drug-likeness (QED) is 0.884. The van der Waals surface area contributed by atoms with E-state index in [2.05, 4.69) is 45.7 Å². The second-order valence-corrected chi connectivity index (χ2v) is 5.41. The molecule has 102 valence electrons. The third-order valence-electron chi connectivity index (χ3n) is 4.05. The lowest BCUT2D eigenvalue weighted by atomic mass is 10.1. The molecule has 0 amide bonds. The first kappa shape index (κ1) is 12.7. The molecule has 2 heterocycles. The zero-order valence-corrected chi connectivity index (χ0v) is 11.5. The van der Waals surface area contributed by atoms with Crippen molar-refractivity contribution >= 4 is 10.9 Å². The van der Waals surface area contributed by atoms with Gasteiger partial charge < -0.3 is 15.2 Å². The Morgan fingerprint density at radius 2 is 2.00 bits per heavy atom. The highest BCUT2D eigenvalue weighted by molar-refractivity contribution is 5.83. The Kier molecular flexibility index (Phi) is 4.16. The third kappa shape index (κ3) is 3.17. The van der Waals surface area contributed by atoms with Crippen LogP contribution in [0.5, 0.6) is 0 Å². The van der Waals surface area contributed by atoms with Crippen LogP contribution < -0.4 is 5.32 Å². The molecule has 1 aromatic carbocycles. The van der Waals surface area contributed by atoms with Crippen molar-refractivity contribution in [1.29, 1.82) is 0 Å². The lowest BCUT2D eigenvalue weighted by Crippen LogP contribution is -2.37. The maximum absolute atomic E-state index is 3.49. The van der Waals surface area contributed by atoms with Gasteiger partial charge in [-0.15, -0.1) is 0 Å². The average Bonchev–Trinajstić information content (AvgIpc) is 2.81. The molecule has 0 aliphatic carbocycles. The molecule has 1 aliphatic heterocycles. The Hall–Kier alpha value is -1.32. The summed E-state index contributed by atoms with van der Waals surface area (Å²) in [4.78, 5) is 5.96. The topological polar surface area (TPSA) is 31.1 Å². The van der Waals surface area contributed by atoms with Crippen LogP contribution in [0.25, 0.3) is 10.9 Å². The lowest BCUT2D eigenvalue weighted by Gasteiger charge is -2.24. The first-order chi connectivity index (χ1) is 9.43. The number of aromatic amines is 1. The van der Waals surface area contributed by atoms with Crippen LogP contribution in [-0.2, 0) is 6.42 Å². The monoisotopic (exact) mass is 257 g/mol. The fourth-order valence-electron chi connectivity index (χ4n) is 2.90. The van der Waals surface area contributed by atoms with Gasteiger partial charge in [0.05, 0.1) is 0 Å². The molecule has 1 aliphatic rings. The average molecular weight is 257 g/mol. The second-order valence-electron chi connectivity index (χ2n) is 5.41. The van der Waals surface area contributed by atoms with Crippen molar-refractivity contribution in [2.45, 2.75) is 19.3 Å². The van der Waals surface area contributed by atoms with Crippen molar-refractivity contribution < 1.29 is 0 Å². The molecule has 2 aromatic rings. The van der Waals surface area contributed by atoms with Crippen molar-refractivity contribution in [3.05, 3.63) is 36.0 Å². The predicted octanol–water partition coefficient (Wildman–Crippen LogP) is 2.40. The number of rotatable bonds is 3. The van der Waals surface area contributed by atoms with Gasteiger partial charge in [-0.3, -0.25) is 0 Å². The van der Waals surface area contributed by atoms with Gasteiger partial charge in [0.15, 0.2) is 0 Å². The summed E-state index contributed by atoms with van der Waals surface area (Å²) in [5, 5.41) is 4.87. The smallest absolute Gasteiger partial charge is 0.0456 e. The zero-order chi connectivity index (χ0) is 12.9. The van der Waals surface area contributed by atoms with Gasteiger partial charge in [0.2, 0.25) is 0 Å². The van der Waals surface area contributed by atoms with Gasteiger partial charge in [-0.25, -0.2) is 0 Å². The van der Waals surface area contributed by atoms with E-state index in [0.29, 0.717) is 0 Å². The number of hydrogen-bond acceptors (Lipinski definition) is 2. The van der Waals surface area contributed by atoms with Crippen molar-refractivity contribution in [2.75, 3.05) is 32.7 Å². The first-order valence-electron chi connectivity index (χ1n) is 7.41. The summed E-state index contributed by atoms with van der Waals surface area (Å²) >= 11 is 0. The highest BCUT2D eigenvalue weighted by Gasteiger charge is 2.09. The van der Waals surface area contributed by atoms with Crippen molar-refractivity contribution in [2.24, 2.45) is 0 Å². The Morgan fingerprint density at radius 1 is 1.05 bits per heavy atom. The van der Waals surface area contributed by atoms with Crippen LogP contribution in [0.2, 0.25) is 0 Å². The van der Waals surface area contributed by atoms with Crippen LogP contribution in [0.3, 0.4) is 0 Å². The van der Waals surface area contributed by atoms with Crippen molar-refractivity contribution in [3.8, 4) is 0 Å². The van der Waals surface area contributed by atoms with E-state index in [9.17, 15) is 0 Å². The zero-order valence-electron chi connectivity index (χ0n) is 11.5. The van der Waals surface area contributed by atoms with Gasteiger partial charge in [-0.2, -0.15) is 0 Å². The molecule has 3 nitrogen and oxygen atoms in total. The van der Waals surface area contributed by atoms with E-state index < -0.39 is 0 Å². The molecule has 0 spiro atoms. The molecule has 0 atom stereocenters. The molecule has 2 N–H and O–H groups in total. The molecule has 0 radical (unpaired) electrons. The third-order valence-corrected chi connectivity index (χ3v) is 4.05. The first-order valence-corrected chi connectivity index (χ1v) is 7.41. The summed E-state index contributed by atoms with van der Waals surface area (Å²) in [6, 6.07) is 8.58. The molecule has 3 heteroatoms. The fraction of sp³-hybridized carbons (Fsp3) is 0.500. The minimum atomic E-state index is 1.13. The lowest BCUT2D eigenvalue weighted by molar-refractivity contribution is 0.258. The number of hydrogen-bond donors (Lipinski definition) is 2. The molecule has 1 fully saturated rings. The molecule has 1 aromatic heterocycles.